The van der Waals surface area contributed by atoms with Crippen molar-refractivity contribution in [1.29, 1.82) is 0 Å². The molecule has 78 valence electrons. The van der Waals surface area contributed by atoms with Gasteiger partial charge >= 0.3 is 5.69 Å². The monoisotopic (exact) mass is 218 g/mol. The Labute approximate surface area is 79.7 Å². The number of rotatable bonds is 2. The molecule has 0 aliphatic heterocycles. The Hall–Kier alpha value is -2.28. The van der Waals surface area contributed by atoms with Crippen molar-refractivity contribution in [2.24, 2.45) is 5.11 Å². The maximum Gasteiger partial charge on any atom is 0.317 e. The van der Waals surface area contributed by atoms with E-state index in [-0.39, 0.29) is 6.07 Å². The van der Waals surface area contributed by atoms with Crippen LogP contribution in [0, 0.1) is 27.6 Å². The summed E-state index contributed by atoms with van der Waals surface area (Å²) in [6, 6.07) is 0.246. The van der Waals surface area contributed by atoms with Crippen molar-refractivity contribution in [2.75, 3.05) is 0 Å². The molecule has 0 heterocycles. The zero-order valence-corrected chi connectivity index (χ0v) is 6.82. The maximum atomic E-state index is 12.9. The highest BCUT2D eigenvalue weighted by atomic mass is 19.2. The van der Waals surface area contributed by atoms with Gasteiger partial charge in [0.25, 0.3) is 0 Å². The smallest absolute Gasteiger partial charge is 0.258 e. The molecule has 1 aromatic rings. The van der Waals surface area contributed by atoms with Crippen LogP contribution in [-0.4, -0.2) is 4.92 Å². The molecular weight excluding hydrogens is 217 g/mol. The van der Waals surface area contributed by atoms with Crippen LogP contribution in [0.1, 0.15) is 0 Å². The van der Waals surface area contributed by atoms with Gasteiger partial charge in [-0.3, -0.25) is 10.1 Å². The van der Waals surface area contributed by atoms with Crippen molar-refractivity contribution >= 4 is 11.4 Å². The van der Waals surface area contributed by atoms with Crippen LogP contribution in [-0.2, 0) is 0 Å². The van der Waals surface area contributed by atoms with Crippen molar-refractivity contribution in [3.63, 3.8) is 0 Å². The molecule has 0 saturated heterocycles. The molecule has 0 atom stereocenters. The van der Waals surface area contributed by atoms with Gasteiger partial charge in [0.2, 0.25) is 11.6 Å². The van der Waals surface area contributed by atoms with E-state index in [2.05, 4.69) is 10.0 Å². The number of azide groups is 1. The Morgan fingerprint density at radius 2 is 2.00 bits per heavy atom. The van der Waals surface area contributed by atoms with E-state index in [1.165, 1.54) is 0 Å². The van der Waals surface area contributed by atoms with Gasteiger partial charge in [0, 0.05) is 4.91 Å². The molecule has 0 aromatic heterocycles. The quantitative estimate of drug-likeness (QED) is 0.190. The lowest BCUT2D eigenvalue weighted by atomic mass is 10.2. The van der Waals surface area contributed by atoms with Gasteiger partial charge < -0.3 is 0 Å². The fourth-order valence-corrected chi connectivity index (χ4v) is 0.871. The first-order valence-electron chi connectivity index (χ1n) is 3.36. The Morgan fingerprint density at radius 1 is 1.40 bits per heavy atom. The molecule has 1 aromatic carbocycles. The highest BCUT2D eigenvalue weighted by Gasteiger charge is 2.26. The molecule has 0 unspecified atom stereocenters. The topological polar surface area (TPSA) is 91.9 Å². The highest BCUT2D eigenvalue weighted by Crippen LogP contribution is 2.33. The van der Waals surface area contributed by atoms with E-state index in [1.807, 2.05) is 0 Å². The summed E-state index contributed by atoms with van der Waals surface area (Å²) in [6.45, 7) is 0. The predicted molar refractivity (Wildman–Crippen MR) is 41.8 cm³/mol. The largest absolute Gasteiger partial charge is 0.317 e. The van der Waals surface area contributed by atoms with E-state index in [1.54, 1.807) is 0 Å². The molecule has 0 aliphatic rings. The standard InChI is InChI=1S/C6HF3N4O2/c7-2-1-3(11-12-10)6(13(14)15)5(9)4(2)8/h1H. The zero-order valence-electron chi connectivity index (χ0n) is 6.82. The fraction of sp³-hybridized carbons (Fsp3) is 0. The van der Waals surface area contributed by atoms with Crippen molar-refractivity contribution in [3.05, 3.63) is 44.1 Å². The Balaban J connectivity index is 3.65. The number of hydrogen-bond acceptors (Lipinski definition) is 3. The normalized spacial score (nSPS) is 9.53. The third-order valence-corrected chi connectivity index (χ3v) is 1.45. The summed E-state index contributed by atoms with van der Waals surface area (Å²) in [4.78, 5) is 11.1. The van der Waals surface area contributed by atoms with Crippen molar-refractivity contribution in [3.8, 4) is 0 Å². The minimum absolute atomic E-state index is 0.246. The SMILES string of the molecule is [N-]=[N+]=Nc1cc(F)c(F)c(F)c1[N+](=O)[O-]. The first-order chi connectivity index (χ1) is 6.99. The summed E-state index contributed by atoms with van der Waals surface area (Å²) >= 11 is 0. The van der Waals surface area contributed by atoms with Crippen molar-refractivity contribution in [1.82, 2.24) is 0 Å². The second kappa shape index (κ2) is 3.84. The van der Waals surface area contributed by atoms with Crippen molar-refractivity contribution < 1.29 is 18.1 Å². The van der Waals surface area contributed by atoms with Gasteiger partial charge in [-0.1, -0.05) is 5.11 Å². The van der Waals surface area contributed by atoms with Crippen LogP contribution >= 0.6 is 0 Å². The molecule has 6 nitrogen and oxygen atoms in total. The van der Waals surface area contributed by atoms with Crippen LogP contribution in [0.4, 0.5) is 24.5 Å². The third-order valence-electron chi connectivity index (χ3n) is 1.45. The number of nitro benzene ring substituents is 1. The third kappa shape index (κ3) is 1.81. The predicted octanol–water partition coefficient (Wildman–Crippen LogP) is 2.95. The second-order valence-corrected chi connectivity index (χ2v) is 2.30. The average Bonchev–Trinajstić information content (AvgIpc) is 2.14. The number of benzene rings is 1. The van der Waals surface area contributed by atoms with Crippen LogP contribution < -0.4 is 0 Å². The van der Waals surface area contributed by atoms with E-state index in [0.717, 1.165) is 0 Å². The summed E-state index contributed by atoms with van der Waals surface area (Å²) in [5, 5.41) is 13.0. The van der Waals surface area contributed by atoms with E-state index in [0.29, 0.717) is 0 Å². The number of halogens is 3. The van der Waals surface area contributed by atoms with Crippen LogP contribution in [0.3, 0.4) is 0 Å². The van der Waals surface area contributed by atoms with Gasteiger partial charge in [0.15, 0.2) is 5.82 Å². The van der Waals surface area contributed by atoms with Gasteiger partial charge in [-0.15, -0.1) is 0 Å². The lowest BCUT2D eigenvalue weighted by Gasteiger charge is -1.99. The van der Waals surface area contributed by atoms with Gasteiger partial charge in [-0.2, -0.15) is 4.39 Å². The Morgan fingerprint density at radius 3 is 2.47 bits per heavy atom. The molecule has 0 spiro atoms. The van der Waals surface area contributed by atoms with Gasteiger partial charge in [0.05, 0.1) is 4.92 Å². The number of nitrogens with zero attached hydrogens (tertiary/aromatic N) is 4. The molecule has 0 aliphatic carbocycles. The summed E-state index contributed by atoms with van der Waals surface area (Å²) in [5.74, 6) is -5.65. The minimum atomic E-state index is -2.00. The van der Waals surface area contributed by atoms with Gasteiger partial charge in [-0.25, -0.2) is 8.78 Å². The fourth-order valence-electron chi connectivity index (χ4n) is 0.871. The molecule has 0 radical (unpaired) electrons. The zero-order chi connectivity index (χ0) is 11.6. The number of hydrogen-bond donors (Lipinski definition) is 0. The first kappa shape index (κ1) is 10.8. The molecule has 15 heavy (non-hydrogen) atoms. The van der Waals surface area contributed by atoms with E-state index in [9.17, 15) is 23.3 Å². The highest BCUT2D eigenvalue weighted by molar-refractivity contribution is 5.58. The van der Waals surface area contributed by atoms with Crippen LogP contribution in [0.2, 0.25) is 0 Å². The van der Waals surface area contributed by atoms with Crippen LogP contribution in [0.5, 0.6) is 0 Å². The Bertz CT molecular complexity index is 484. The van der Waals surface area contributed by atoms with Crippen LogP contribution in [0.25, 0.3) is 10.4 Å². The molecule has 0 N–H and O–H groups in total. The summed E-state index contributed by atoms with van der Waals surface area (Å²) in [6.07, 6.45) is 0. The molecule has 0 fully saturated rings. The van der Waals surface area contributed by atoms with Gasteiger partial charge in [0.1, 0.15) is 5.69 Å². The summed E-state index contributed by atoms with van der Waals surface area (Å²) in [7, 11) is 0. The molecule has 9 heteroatoms. The van der Waals surface area contributed by atoms with Crippen LogP contribution in [0.15, 0.2) is 11.2 Å². The summed E-state index contributed by atoms with van der Waals surface area (Å²) in [5.41, 5.74) is 5.66. The van der Waals surface area contributed by atoms with Gasteiger partial charge in [-0.05, 0) is 11.6 Å². The lowest BCUT2D eigenvalue weighted by molar-refractivity contribution is -0.387. The van der Waals surface area contributed by atoms with E-state index in [4.69, 9.17) is 5.53 Å². The maximum absolute atomic E-state index is 12.9. The van der Waals surface area contributed by atoms with E-state index >= 15 is 0 Å². The molecule has 1 rings (SSSR count). The average molecular weight is 218 g/mol. The second-order valence-electron chi connectivity index (χ2n) is 2.30. The molecule has 0 amide bonds. The molecular formula is C6HF3N4O2. The number of nitro groups is 1. The minimum Gasteiger partial charge on any atom is -0.258 e. The molecule has 0 saturated carbocycles. The Kier molecular flexibility index (Phi) is 2.77. The first-order valence-corrected chi connectivity index (χ1v) is 3.36. The summed E-state index contributed by atoms with van der Waals surface area (Å²) < 4.78 is 38.0. The van der Waals surface area contributed by atoms with E-state index < -0.39 is 33.7 Å². The van der Waals surface area contributed by atoms with Crippen molar-refractivity contribution in [2.45, 2.75) is 0 Å². The molecule has 0 bridgehead atoms. The lowest BCUT2D eigenvalue weighted by Crippen LogP contribution is -1.98.